The van der Waals surface area contributed by atoms with Gasteiger partial charge in [0.2, 0.25) is 5.91 Å². The van der Waals surface area contributed by atoms with Crippen LogP contribution in [-0.2, 0) is 13.9 Å². The van der Waals surface area contributed by atoms with Crippen LogP contribution in [0.2, 0.25) is 0 Å². The number of hydrogen-bond acceptors (Lipinski definition) is 4. The number of aliphatic hydroxyl groups excluding tert-OH is 1. The molecule has 0 aliphatic heterocycles. The van der Waals surface area contributed by atoms with Crippen LogP contribution in [0.4, 0.5) is 0 Å². The molecule has 0 aromatic carbocycles. The second-order valence-corrected chi connectivity index (χ2v) is 11.3. The zero-order valence-corrected chi connectivity index (χ0v) is 18.4. The van der Waals surface area contributed by atoms with Gasteiger partial charge in [0, 0.05) is 18.6 Å². The van der Waals surface area contributed by atoms with E-state index in [4.69, 9.17) is 4.52 Å². The summed E-state index contributed by atoms with van der Waals surface area (Å²) in [5.74, 6) is 0.0488. The lowest BCUT2D eigenvalue weighted by molar-refractivity contribution is -0.130. The van der Waals surface area contributed by atoms with Gasteiger partial charge in [-0.25, -0.2) is 0 Å². The maximum Gasteiger partial charge on any atom is 0.330 e. The van der Waals surface area contributed by atoms with Crippen LogP contribution in [0.15, 0.2) is 0 Å². The van der Waals surface area contributed by atoms with E-state index in [9.17, 15) is 19.4 Å². The molecule has 0 fully saturated rings. The molecule has 0 rings (SSSR count). The molecule has 7 heteroatoms. The average Bonchev–Trinajstić information content (AvgIpc) is 2.55. The molecule has 0 aliphatic carbocycles. The van der Waals surface area contributed by atoms with E-state index in [1.165, 1.54) is 0 Å². The van der Waals surface area contributed by atoms with Crippen LogP contribution >= 0.6 is 7.60 Å². The molecule has 0 spiro atoms. The van der Waals surface area contributed by atoms with E-state index in [2.05, 4.69) is 5.32 Å². The third-order valence-electron chi connectivity index (χ3n) is 4.76. The predicted molar refractivity (Wildman–Crippen MR) is 106 cm³/mol. The fourth-order valence-corrected chi connectivity index (χ4v) is 2.90. The molecule has 3 N–H and O–H groups in total. The number of nitrogens with one attached hydrogen (secondary N) is 1. The van der Waals surface area contributed by atoms with Crippen molar-refractivity contribution in [3.63, 3.8) is 0 Å². The Bertz CT molecular complexity index is 463. The van der Waals surface area contributed by atoms with Crippen LogP contribution in [0.25, 0.3) is 0 Å². The molecule has 1 amide bonds. The molecule has 0 aromatic heterocycles. The van der Waals surface area contributed by atoms with Gasteiger partial charge in [-0.3, -0.25) is 9.36 Å². The van der Waals surface area contributed by atoms with Gasteiger partial charge in [-0.15, -0.1) is 0 Å². The minimum absolute atomic E-state index is 0.0488. The highest BCUT2D eigenvalue weighted by atomic mass is 31.2. The van der Waals surface area contributed by atoms with Crippen molar-refractivity contribution in [2.45, 2.75) is 85.7 Å². The highest BCUT2D eigenvalue weighted by Gasteiger charge is 2.30. The van der Waals surface area contributed by atoms with Crippen molar-refractivity contribution in [3.8, 4) is 0 Å². The summed E-state index contributed by atoms with van der Waals surface area (Å²) < 4.78 is 16.7. The Balaban J connectivity index is 3.87. The molecular weight excluding hydrogens is 353 g/mol. The molecule has 156 valence electrons. The Hall–Kier alpha value is -0.420. The van der Waals surface area contributed by atoms with E-state index in [-0.39, 0.29) is 23.6 Å². The number of rotatable bonds is 14. The summed E-state index contributed by atoms with van der Waals surface area (Å²) in [4.78, 5) is 21.9. The fraction of sp³-hybridized carbons (Fsp3) is 0.947. The van der Waals surface area contributed by atoms with Crippen LogP contribution in [-0.4, -0.2) is 41.3 Å². The minimum atomic E-state index is -3.45. The molecule has 1 unspecified atom stereocenters. The molecule has 0 aliphatic rings. The Kier molecular flexibility index (Phi) is 11.2. The standard InChI is InChI=1S/C19H40NO5P/c1-16(2)26(23,24)25-14-10-8-7-9-13-20-17(22)19(5,6)12-11-18(3,4)15-21/h16,21H,7-15H2,1-6H3,(H,20,22)(H,23,24). The third kappa shape index (κ3) is 10.7. The minimum Gasteiger partial charge on any atom is -0.396 e. The van der Waals surface area contributed by atoms with Crippen molar-refractivity contribution in [2.75, 3.05) is 19.8 Å². The predicted octanol–water partition coefficient (Wildman–Crippen LogP) is 4.10. The van der Waals surface area contributed by atoms with Crippen LogP contribution < -0.4 is 5.32 Å². The fourth-order valence-electron chi connectivity index (χ4n) is 2.21. The number of carbonyl (C=O) groups is 1. The Morgan fingerprint density at radius 3 is 2.19 bits per heavy atom. The summed E-state index contributed by atoms with van der Waals surface area (Å²) in [5, 5.41) is 12.3. The zero-order chi connectivity index (χ0) is 20.4. The Morgan fingerprint density at radius 2 is 1.65 bits per heavy atom. The van der Waals surface area contributed by atoms with Crippen LogP contribution in [0.1, 0.15) is 80.1 Å². The maximum atomic E-state index is 12.3. The van der Waals surface area contributed by atoms with Crippen molar-refractivity contribution in [3.05, 3.63) is 0 Å². The summed E-state index contributed by atoms with van der Waals surface area (Å²) in [7, 11) is -3.45. The molecule has 0 radical (unpaired) electrons. The van der Waals surface area contributed by atoms with Crippen LogP contribution in [0, 0.1) is 10.8 Å². The first-order chi connectivity index (χ1) is 11.8. The number of hydrogen-bond donors (Lipinski definition) is 3. The first-order valence-corrected chi connectivity index (χ1v) is 11.3. The summed E-state index contributed by atoms with van der Waals surface area (Å²) in [5.41, 5.74) is -0.975. The van der Waals surface area contributed by atoms with E-state index < -0.39 is 13.0 Å². The van der Waals surface area contributed by atoms with Crippen LogP contribution in [0.3, 0.4) is 0 Å². The first kappa shape index (κ1) is 25.6. The molecule has 0 bridgehead atoms. The lowest BCUT2D eigenvalue weighted by Crippen LogP contribution is -2.38. The summed E-state index contributed by atoms with van der Waals surface area (Å²) in [6.45, 7) is 12.3. The van der Waals surface area contributed by atoms with Crippen molar-refractivity contribution in [1.29, 1.82) is 0 Å². The van der Waals surface area contributed by atoms with Crippen molar-refractivity contribution in [2.24, 2.45) is 10.8 Å². The van der Waals surface area contributed by atoms with Gasteiger partial charge in [-0.1, -0.05) is 54.4 Å². The lowest BCUT2D eigenvalue weighted by atomic mass is 9.79. The summed E-state index contributed by atoms with van der Waals surface area (Å²) in [6.07, 6.45) is 5.01. The normalized spacial score (nSPS) is 15.1. The molecular formula is C19H40NO5P. The first-order valence-electron chi connectivity index (χ1n) is 9.70. The van der Waals surface area contributed by atoms with Gasteiger partial charge in [-0.05, 0) is 31.1 Å². The second-order valence-electron chi connectivity index (χ2n) is 8.87. The molecule has 26 heavy (non-hydrogen) atoms. The van der Waals surface area contributed by atoms with Gasteiger partial charge in [0.05, 0.1) is 12.3 Å². The molecule has 0 saturated carbocycles. The topological polar surface area (TPSA) is 95.9 Å². The van der Waals surface area contributed by atoms with Gasteiger partial charge in [-0.2, -0.15) is 0 Å². The van der Waals surface area contributed by atoms with Gasteiger partial charge < -0.3 is 19.8 Å². The molecule has 1 atom stereocenters. The van der Waals surface area contributed by atoms with E-state index in [0.717, 1.165) is 38.5 Å². The zero-order valence-electron chi connectivity index (χ0n) is 17.5. The quantitative estimate of drug-likeness (QED) is 0.305. The van der Waals surface area contributed by atoms with Gasteiger partial charge in [0.1, 0.15) is 0 Å². The summed E-state index contributed by atoms with van der Waals surface area (Å²) >= 11 is 0. The third-order valence-corrected chi connectivity index (χ3v) is 6.61. The highest BCUT2D eigenvalue weighted by molar-refractivity contribution is 7.53. The van der Waals surface area contributed by atoms with Gasteiger partial charge in [0.25, 0.3) is 0 Å². The van der Waals surface area contributed by atoms with Gasteiger partial charge in [0.15, 0.2) is 0 Å². The van der Waals surface area contributed by atoms with E-state index in [1.807, 2.05) is 27.7 Å². The number of aliphatic hydroxyl groups is 1. The number of unbranched alkanes of at least 4 members (excludes halogenated alkanes) is 3. The van der Waals surface area contributed by atoms with Crippen molar-refractivity contribution in [1.82, 2.24) is 5.32 Å². The van der Waals surface area contributed by atoms with Gasteiger partial charge >= 0.3 is 7.60 Å². The van der Waals surface area contributed by atoms with E-state index >= 15 is 0 Å². The molecule has 0 heterocycles. The molecule has 6 nitrogen and oxygen atoms in total. The summed E-state index contributed by atoms with van der Waals surface area (Å²) in [6, 6.07) is 0. The second kappa shape index (κ2) is 11.4. The largest absolute Gasteiger partial charge is 0.396 e. The number of amides is 1. The Labute approximate surface area is 159 Å². The number of carbonyl (C=O) groups excluding carboxylic acids is 1. The lowest BCUT2D eigenvalue weighted by Gasteiger charge is -2.29. The Morgan fingerprint density at radius 1 is 1.08 bits per heavy atom. The van der Waals surface area contributed by atoms with E-state index in [0.29, 0.717) is 13.2 Å². The van der Waals surface area contributed by atoms with Crippen molar-refractivity contribution >= 4 is 13.5 Å². The smallest absolute Gasteiger partial charge is 0.330 e. The molecule has 0 saturated heterocycles. The van der Waals surface area contributed by atoms with Crippen molar-refractivity contribution < 1.29 is 23.9 Å². The molecule has 0 aromatic rings. The van der Waals surface area contributed by atoms with E-state index in [1.54, 1.807) is 13.8 Å². The SMILES string of the molecule is CC(C)P(=O)(O)OCCCCCCNC(=O)C(C)(C)CCC(C)(C)CO. The van der Waals surface area contributed by atoms with Crippen LogP contribution in [0.5, 0.6) is 0 Å². The maximum absolute atomic E-state index is 12.3. The monoisotopic (exact) mass is 393 g/mol. The highest BCUT2D eigenvalue weighted by Crippen LogP contribution is 2.47. The average molecular weight is 394 g/mol.